The summed E-state index contributed by atoms with van der Waals surface area (Å²) < 4.78 is 25.2. The molecule has 0 bridgehead atoms. The second kappa shape index (κ2) is 9.92. The van der Waals surface area contributed by atoms with Crippen LogP contribution in [0, 0.1) is 17.1 Å². The minimum atomic E-state index is -1.03. The van der Waals surface area contributed by atoms with Gasteiger partial charge in [0.2, 0.25) is 0 Å². The van der Waals surface area contributed by atoms with E-state index in [0.29, 0.717) is 38.2 Å². The largest absolute Gasteiger partial charge is 0.493 e. The molecule has 0 spiro atoms. The Balaban J connectivity index is 1.88. The first-order valence-electron chi connectivity index (χ1n) is 9.11. The SMILES string of the molecule is COc1cc(/C=C(/C#N)c2ccc(C(=O)O)cc2)cc(Br)c1OCc1cccc(F)c1. The molecule has 0 aliphatic rings. The van der Waals surface area contributed by atoms with Gasteiger partial charge in [0.15, 0.2) is 11.5 Å². The number of nitrogens with zero attached hydrogens (tertiary/aromatic N) is 1. The molecule has 0 aliphatic heterocycles. The lowest BCUT2D eigenvalue weighted by atomic mass is 10.0. The Hall–Kier alpha value is -3.63. The van der Waals surface area contributed by atoms with Gasteiger partial charge in [-0.2, -0.15) is 5.26 Å². The van der Waals surface area contributed by atoms with Gasteiger partial charge in [-0.15, -0.1) is 0 Å². The van der Waals surface area contributed by atoms with Crippen LogP contribution < -0.4 is 9.47 Å². The predicted molar refractivity (Wildman–Crippen MR) is 118 cm³/mol. The van der Waals surface area contributed by atoms with Crippen LogP contribution in [0.5, 0.6) is 11.5 Å². The van der Waals surface area contributed by atoms with Gasteiger partial charge in [0.25, 0.3) is 0 Å². The van der Waals surface area contributed by atoms with Gasteiger partial charge in [0.05, 0.1) is 28.8 Å². The summed E-state index contributed by atoms with van der Waals surface area (Å²) in [5, 5.41) is 18.6. The molecule has 1 N–H and O–H groups in total. The van der Waals surface area contributed by atoms with E-state index in [0.717, 1.165) is 0 Å². The van der Waals surface area contributed by atoms with Crippen molar-refractivity contribution in [2.24, 2.45) is 0 Å². The van der Waals surface area contributed by atoms with Gasteiger partial charge in [-0.25, -0.2) is 9.18 Å². The quantitative estimate of drug-likeness (QED) is 0.333. The average Bonchev–Trinajstić information content (AvgIpc) is 2.76. The molecule has 0 amide bonds. The number of carbonyl (C=O) groups is 1. The smallest absolute Gasteiger partial charge is 0.335 e. The third kappa shape index (κ3) is 5.50. The van der Waals surface area contributed by atoms with Gasteiger partial charge in [-0.3, -0.25) is 0 Å². The van der Waals surface area contributed by atoms with Crippen molar-refractivity contribution in [2.45, 2.75) is 6.61 Å². The van der Waals surface area contributed by atoms with Gasteiger partial charge < -0.3 is 14.6 Å². The molecule has 0 unspecified atom stereocenters. The van der Waals surface area contributed by atoms with E-state index >= 15 is 0 Å². The second-order valence-corrected chi connectivity index (χ2v) is 7.36. The summed E-state index contributed by atoms with van der Waals surface area (Å²) in [6.45, 7) is 0.154. The highest BCUT2D eigenvalue weighted by molar-refractivity contribution is 9.10. The minimum absolute atomic E-state index is 0.144. The van der Waals surface area contributed by atoms with E-state index in [9.17, 15) is 14.4 Å². The number of carboxylic acids is 1. The molecule has 5 nitrogen and oxygen atoms in total. The van der Waals surface area contributed by atoms with E-state index in [2.05, 4.69) is 22.0 Å². The van der Waals surface area contributed by atoms with Crippen LogP contribution in [0.1, 0.15) is 27.0 Å². The van der Waals surface area contributed by atoms with Crippen molar-refractivity contribution in [1.82, 2.24) is 0 Å². The van der Waals surface area contributed by atoms with Crippen molar-refractivity contribution in [1.29, 1.82) is 5.26 Å². The predicted octanol–water partition coefficient (Wildman–Crippen LogP) is 5.94. The van der Waals surface area contributed by atoms with Crippen molar-refractivity contribution in [3.05, 3.63) is 93.2 Å². The Morgan fingerprint density at radius 3 is 2.48 bits per heavy atom. The molecule has 0 atom stereocenters. The lowest BCUT2D eigenvalue weighted by molar-refractivity contribution is 0.0697. The Bertz CT molecular complexity index is 1180. The molecule has 7 heteroatoms. The van der Waals surface area contributed by atoms with E-state index in [1.54, 1.807) is 42.5 Å². The summed E-state index contributed by atoms with van der Waals surface area (Å²) in [6, 6.07) is 17.8. The maximum atomic E-state index is 13.4. The third-order valence-electron chi connectivity index (χ3n) is 4.40. The summed E-state index contributed by atoms with van der Waals surface area (Å²) in [5.74, 6) is -0.478. The van der Waals surface area contributed by atoms with E-state index in [4.69, 9.17) is 14.6 Å². The molecule has 31 heavy (non-hydrogen) atoms. The lowest BCUT2D eigenvalue weighted by Gasteiger charge is -2.14. The molecule has 0 saturated heterocycles. The second-order valence-electron chi connectivity index (χ2n) is 6.51. The number of rotatable bonds is 7. The highest BCUT2D eigenvalue weighted by Gasteiger charge is 2.13. The number of nitriles is 1. The number of carboxylic acid groups (broad SMARTS) is 1. The van der Waals surface area contributed by atoms with Crippen molar-refractivity contribution in [3.63, 3.8) is 0 Å². The zero-order valence-corrected chi connectivity index (χ0v) is 18.0. The first-order valence-corrected chi connectivity index (χ1v) is 9.91. The van der Waals surface area contributed by atoms with Crippen molar-refractivity contribution < 1.29 is 23.8 Å². The van der Waals surface area contributed by atoms with Crippen LogP contribution in [0.4, 0.5) is 4.39 Å². The van der Waals surface area contributed by atoms with Crippen molar-refractivity contribution in [2.75, 3.05) is 7.11 Å². The molecular weight excluding hydrogens is 465 g/mol. The maximum Gasteiger partial charge on any atom is 0.335 e. The number of methoxy groups -OCH3 is 1. The van der Waals surface area contributed by atoms with Crippen LogP contribution in [0.25, 0.3) is 11.6 Å². The van der Waals surface area contributed by atoms with Crippen molar-refractivity contribution in [3.8, 4) is 17.6 Å². The van der Waals surface area contributed by atoms with Crippen LogP contribution in [0.15, 0.2) is 65.1 Å². The first kappa shape index (κ1) is 22.1. The number of benzene rings is 3. The van der Waals surface area contributed by atoms with Gasteiger partial charge in [-0.1, -0.05) is 24.3 Å². The molecule has 156 valence electrons. The van der Waals surface area contributed by atoms with E-state index in [-0.39, 0.29) is 18.0 Å². The van der Waals surface area contributed by atoms with Crippen LogP contribution in [0.2, 0.25) is 0 Å². The normalized spacial score (nSPS) is 11.0. The number of hydrogen-bond acceptors (Lipinski definition) is 4. The van der Waals surface area contributed by atoms with Crippen LogP contribution in [-0.2, 0) is 6.61 Å². The summed E-state index contributed by atoms with van der Waals surface area (Å²) in [6.07, 6.45) is 1.67. The fourth-order valence-corrected chi connectivity index (χ4v) is 3.46. The molecule has 3 rings (SSSR count). The number of halogens is 2. The number of aromatic carboxylic acids is 1. The molecule has 3 aromatic rings. The molecular formula is C24H17BrFNO4. The highest BCUT2D eigenvalue weighted by Crippen LogP contribution is 2.38. The Morgan fingerprint density at radius 2 is 1.87 bits per heavy atom. The van der Waals surface area contributed by atoms with E-state index in [1.807, 2.05) is 0 Å². The molecule has 0 saturated carbocycles. The molecule has 0 fully saturated rings. The van der Waals surface area contributed by atoms with Gasteiger partial charge in [-0.05, 0) is 75.1 Å². The van der Waals surface area contributed by atoms with E-state index < -0.39 is 5.97 Å². The first-order chi connectivity index (χ1) is 14.9. The summed E-state index contributed by atoms with van der Waals surface area (Å²) >= 11 is 3.46. The van der Waals surface area contributed by atoms with Gasteiger partial charge >= 0.3 is 5.97 Å². The van der Waals surface area contributed by atoms with Crippen LogP contribution in [0.3, 0.4) is 0 Å². The molecule has 0 radical (unpaired) electrons. The van der Waals surface area contributed by atoms with Crippen LogP contribution >= 0.6 is 15.9 Å². The Morgan fingerprint density at radius 1 is 1.16 bits per heavy atom. The molecule has 0 heterocycles. The zero-order chi connectivity index (χ0) is 22.4. The summed E-state index contributed by atoms with van der Waals surface area (Å²) in [5.41, 5.74) is 2.45. The number of ether oxygens (including phenoxy) is 2. The average molecular weight is 482 g/mol. The lowest BCUT2D eigenvalue weighted by Crippen LogP contribution is -1.99. The molecule has 0 aromatic heterocycles. The minimum Gasteiger partial charge on any atom is -0.493 e. The summed E-state index contributed by atoms with van der Waals surface area (Å²) in [7, 11) is 1.50. The number of hydrogen-bond donors (Lipinski definition) is 1. The summed E-state index contributed by atoms with van der Waals surface area (Å²) in [4.78, 5) is 11.0. The maximum absolute atomic E-state index is 13.4. The van der Waals surface area contributed by atoms with E-state index in [1.165, 1.54) is 31.4 Å². The molecule has 3 aromatic carbocycles. The Kier molecular flexibility index (Phi) is 7.06. The fourth-order valence-electron chi connectivity index (χ4n) is 2.88. The molecule has 0 aliphatic carbocycles. The topological polar surface area (TPSA) is 79.5 Å². The van der Waals surface area contributed by atoms with Gasteiger partial charge in [0, 0.05) is 0 Å². The third-order valence-corrected chi connectivity index (χ3v) is 4.99. The standard InChI is InChI=1S/C24H17BrFNO4/c1-30-22-12-16(9-19(13-27)17-5-7-18(8-6-17)24(28)29)11-21(25)23(22)31-14-15-3-2-4-20(26)10-15/h2-12H,14H2,1H3,(H,28,29)/b19-9-. The fraction of sp³-hybridized carbons (Fsp3) is 0.0833. The Labute approximate surface area is 187 Å². The van der Waals surface area contributed by atoms with Crippen molar-refractivity contribution >= 4 is 33.5 Å². The highest BCUT2D eigenvalue weighted by atomic mass is 79.9. The monoisotopic (exact) mass is 481 g/mol. The van der Waals surface area contributed by atoms with Gasteiger partial charge in [0.1, 0.15) is 12.4 Å². The zero-order valence-electron chi connectivity index (χ0n) is 16.4. The number of allylic oxidation sites excluding steroid dienone is 1. The van der Waals surface area contributed by atoms with Crippen LogP contribution in [-0.4, -0.2) is 18.2 Å².